The maximum atomic E-state index is 12.5. The third kappa shape index (κ3) is 8.07. The molecular weight excluding hydrogens is 759 g/mol. The molecule has 0 aliphatic heterocycles. The first kappa shape index (κ1) is 31.6. The Morgan fingerprint density at radius 1 is 0.821 bits per heavy atom. The number of nitrogens with zero attached hydrogens (tertiary/aromatic N) is 5. The van der Waals surface area contributed by atoms with E-state index in [1.54, 1.807) is 53.5 Å². The largest absolute Gasteiger partial charge is 0.331 e. The van der Waals surface area contributed by atoms with Crippen LogP contribution in [0, 0.1) is 0 Å². The summed E-state index contributed by atoms with van der Waals surface area (Å²) in [4.78, 5) is 19.2. The van der Waals surface area contributed by atoms with E-state index in [1.165, 1.54) is 23.8 Å². The van der Waals surface area contributed by atoms with Crippen molar-refractivity contribution in [3.05, 3.63) is 81.2 Å². The Kier molecular flexibility index (Phi) is 11.4. The zero-order valence-electron chi connectivity index (χ0n) is 19.4. The molecule has 6 aromatic rings. The molecule has 0 radical (unpaired) electrons. The van der Waals surface area contributed by atoms with Gasteiger partial charge in [0.05, 0.1) is 5.52 Å². The summed E-state index contributed by atoms with van der Waals surface area (Å²) in [5.74, 6) is 0. The Labute approximate surface area is 257 Å². The summed E-state index contributed by atoms with van der Waals surface area (Å²) in [6.45, 7) is 0. The van der Waals surface area contributed by atoms with Crippen LogP contribution in [0.25, 0.3) is 22.3 Å². The molecule has 0 saturated heterocycles. The molecule has 6 aromatic heterocycles. The van der Waals surface area contributed by atoms with Crippen molar-refractivity contribution >= 4 is 118 Å². The normalized spacial score (nSPS) is 11.1. The summed E-state index contributed by atoms with van der Waals surface area (Å²) in [5.41, 5.74) is 2.55. The number of imidazole rings is 2. The molecule has 0 aliphatic carbocycles. The standard InChI is InChI=1S/C10H6BrN3O2S2.C6H4BrN3.C4H3ClO2S2.CH3Cl/c11-10-13-9-7(3-1-5-12-9)14(10)18(15,16)8-4-2-6-17-8;7-6-9-4-2-1-3-8-5(4)10-6;5-9(6,7)4-2-1-3-8-4;1-2/h1-6H;1-3H,(H,8,9,10);1-3H;1H3. The third-order valence-corrected chi connectivity index (χ3v) is 11.5. The van der Waals surface area contributed by atoms with Crippen LogP contribution in [0.3, 0.4) is 0 Å². The number of alkyl halides is 1. The molecule has 0 aliphatic rings. The van der Waals surface area contributed by atoms with Crippen molar-refractivity contribution in [1.29, 1.82) is 0 Å². The number of aromatic nitrogens is 6. The van der Waals surface area contributed by atoms with Gasteiger partial charge in [-0.05, 0) is 79.0 Å². The number of aromatic amines is 1. The minimum absolute atomic E-state index is 0.198. The maximum Gasteiger partial charge on any atom is 0.279 e. The van der Waals surface area contributed by atoms with Gasteiger partial charge in [-0.1, -0.05) is 12.1 Å². The van der Waals surface area contributed by atoms with Crippen LogP contribution in [0.4, 0.5) is 0 Å². The van der Waals surface area contributed by atoms with Gasteiger partial charge in [0.1, 0.15) is 13.9 Å². The summed E-state index contributed by atoms with van der Waals surface area (Å²) >= 11 is 13.3. The SMILES string of the molecule is Brc1nc2ncccc2[nH]1.CCl.O=S(=O)(Cl)c1cccs1.O=S(=O)(c1cccs1)n1c(Br)nc2ncccc21. The maximum absolute atomic E-state index is 12.5. The lowest BCUT2D eigenvalue weighted by Crippen LogP contribution is -2.11. The highest BCUT2D eigenvalue weighted by Gasteiger charge is 2.24. The molecule has 39 heavy (non-hydrogen) atoms. The van der Waals surface area contributed by atoms with Gasteiger partial charge in [0.25, 0.3) is 19.1 Å². The smallest absolute Gasteiger partial charge is 0.279 e. The number of nitrogens with one attached hydrogen (secondary N) is 1. The Balaban J connectivity index is 0.000000170. The van der Waals surface area contributed by atoms with Crippen molar-refractivity contribution in [3.8, 4) is 0 Å². The Morgan fingerprint density at radius 3 is 1.95 bits per heavy atom. The second kappa shape index (κ2) is 14.1. The van der Waals surface area contributed by atoms with Crippen molar-refractivity contribution in [1.82, 2.24) is 28.9 Å². The van der Waals surface area contributed by atoms with Crippen LogP contribution >= 0.6 is 76.8 Å². The van der Waals surface area contributed by atoms with Crippen molar-refractivity contribution in [2.24, 2.45) is 0 Å². The second-order valence-electron chi connectivity index (χ2n) is 6.70. The molecule has 1 N–H and O–H groups in total. The number of fused-ring (bicyclic) bond motifs is 2. The molecule has 10 nitrogen and oxygen atoms in total. The van der Waals surface area contributed by atoms with Crippen LogP contribution in [-0.4, -0.2) is 52.1 Å². The minimum atomic E-state index is -3.62. The van der Waals surface area contributed by atoms with E-state index in [0.717, 1.165) is 31.2 Å². The number of thiophene rings is 2. The van der Waals surface area contributed by atoms with Crippen LogP contribution in [0.15, 0.2) is 89.6 Å². The first-order chi connectivity index (χ1) is 18.6. The van der Waals surface area contributed by atoms with Crippen LogP contribution in [0.2, 0.25) is 0 Å². The van der Waals surface area contributed by atoms with Gasteiger partial charge in [-0.3, -0.25) is 0 Å². The molecule has 6 heterocycles. The molecule has 206 valence electrons. The average molecular weight is 775 g/mol. The van der Waals surface area contributed by atoms with Crippen molar-refractivity contribution in [2.45, 2.75) is 8.42 Å². The van der Waals surface area contributed by atoms with Crippen molar-refractivity contribution < 1.29 is 16.8 Å². The van der Waals surface area contributed by atoms with Gasteiger partial charge >= 0.3 is 0 Å². The number of rotatable bonds is 3. The van der Waals surface area contributed by atoms with Crippen molar-refractivity contribution in [2.75, 3.05) is 6.38 Å². The molecule has 0 atom stereocenters. The quantitative estimate of drug-likeness (QED) is 0.154. The van der Waals surface area contributed by atoms with Gasteiger partial charge in [-0.15, -0.1) is 34.3 Å². The molecule has 0 aromatic carbocycles. The predicted molar refractivity (Wildman–Crippen MR) is 163 cm³/mol. The van der Waals surface area contributed by atoms with E-state index in [0.29, 0.717) is 11.2 Å². The zero-order chi connectivity index (χ0) is 28.6. The molecule has 0 fully saturated rings. The molecule has 6 rings (SSSR count). The van der Waals surface area contributed by atoms with E-state index in [1.807, 2.05) is 12.1 Å². The first-order valence-corrected chi connectivity index (χ1v) is 18.0. The average Bonchev–Trinajstić information content (AvgIpc) is 3.71. The summed E-state index contributed by atoms with van der Waals surface area (Å²) in [5, 5.41) is 3.38. The van der Waals surface area contributed by atoms with Crippen molar-refractivity contribution in [3.63, 3.8) is 0 Å². The Bertz CT molecular complexity index is 1830. The predicted octanol–water partition coefficient (Wildman–Crippen LogP) is 6.74. The monoisotopic (exact) mass is 772 g/mol. The van der Waals surface area contributed by atoms with E-state index in [-0.39, 0.29) is 13.2 Å². The van der Waals surface area contributed by atoms with E-state index < -0.39 is 19.1 Å². The molecule has 0 bridgehead atoms. The second-order valence-corrected chi connectivity index (χ2v) is 14.9. The third-order valence-electron chi connectivity index (χ3n) is 4.30. The van der Waals surface area contributed by atoms with Gasteiger partial charge in [0, 0.05) is 29.5 Å². The van der Waals surface area contributed by atoms with E-state index in [2.05, 4.69) is 68.4 Å². The van der Waals surface area contributed by atoms with Gasteiger partial charge in [-0.2, -0.15) is 8.42 Å². The lowest BCUT2D eigenvalue weighted by molar-refractivity contribution is 0.589. The van der Waals surface area contributed by atoms with Crippen LogP contribution in [0.1, 0.15) is 0 Å². The number of pyridine rings is 2. The summed E-state index contributed by atoms with van der Waals surface area (Å²) in [7, 11) is -2.11. The number of hydrogen-bond donors (Lipinski definition) is 1. The van der Waals surface area contributed by atoms with Gasteiger partial charge < -0.3 is 4.98 Å². The van der Waals surface area contributed by atoms with Gasteiger partial charge in [0.2, 0.25) is 0 Å². The summed E-state index contributed by atoms with van der Waals surface area (Å²) in [6, 6.07) is 13.5. The highest BCUT2D eigenvalue weighted by molar-refractivity contribution is 9.10. The number of halogens is 4. The molecule has 18 heteroatoms. The summed E-state index contributed by atoms with van der Waals surface area (Å²) in [6.07, 6.45) is 4.76. The summed E-state index contributed by atoms with van der Waals surface area (Å²) < 4.78 is 48.4. The fourth-order valence-corrected chi connectivity index (χ4v) is 8.32. The van der Waals surface area contributed by atoms with E-state index >= 15 is 0 Å². The fourth-order valence-electron chi connectivity index (χ4n) is 2.81. The minimum Gasteiger partial charge on any atom is -0.331 e. The van der Waals surface area contributed by atoms with Crippen LogP contribution in [0.5, 0.6) is 0 Å². The van der Waals surface area contributed by atoms with Crippen LogP contribution in [-0.2, 0) is 19.1 Å². The van der Waals surface area contributed by atoms with E-state index in [4.69, 9.17) is 10.7 Å². The number of H-pyrrole nitrogens is 1. The lowest BCUT2D eigenvalue weighted by atomic mass is 10.4. The molecule has 0 unspecified atom stereocenters. The highest BCUT2D eigenvalue weighted by atomic mass is 79.9. The molecule has 0 amide bonds. The van der Waals surface area contributed by atoms with Gasteiger partial charge in [-0.25, -0.2) is 32.3 Å². The van der Waals surface area contributed by atoms with Gasteiger partial charge in [0.15, 0.2) is 20.8 Å². The molecular formula is C21H16Br2Cl2N6O4S4. The Hall–Kier alpha value is -1.92. The number of hydrogen-bond acceptors (Lipinski definition) is 10. The molecule has 0 spiro atoms. The van der Waals surface area contributed by atoms with Crippen LogP contribution < -0.4 is 0 Å². The lowest BCUT2D eigenvalue weighted by Gasteiger charge is -2.04. The fraction of sp³-hybridized carbons (Fsp3) is 0.0476. The topological polar surface area (TPSA) is 141 Å². The zero-order valence-corrected chi connectivity index (χ0v) is 27.4. The Morgan fingerprint density at radius 2 is 1.41 bits per heavy atom. The highest BCUT2D eigenvalue weighted by Crippen LogP contribution is 2.27. The first-order valence-electron chi connectivity index (χ1n) is 10.2. The molecule has 0 saturated carbocycles. The van der Waals surface area contributed by atoms with E-state index in [9.17, 15) is 16.8 Å².